The van der Waals surface area contributed by atoms with Crippen LogP contribution in [0.5, 0.6) is 0 Å². The Bertz CT molecular complexity index is 1300. The van der Waals surface area contributed by atoms with Crippen LogP contribution in [0.25, 0.3) is 0 Å². The first kappa shape index (κ1) is 23.2. The van der Waals surface area contributed by atoms with Gasteiger partial charge in [0.15, 0.2) is 10.9 Å². The van der Waals surface area contributed by atoms with E-state index in [-0.39, 0.29) is 5.82 Å². The number of rotatable bonds is 6. The van der Waals surface area contributed by atoms with E-state index in [1.807, 2.05) is 42.9 Å². The summed E-state index contributed by atoms with van der Waals surface area (Å²) in [6, 6.07) is 13.7. The van der Waals surface area contributed by atoms with E-state index in [2.05, 4.69) is 20.8 Å². The van der Waals surface area contributed by atoms with Crippen molar-refractivity contribution in [3.05, 3.63) is 93.1 Å². The van der Waals surface area contributed by atoms with Crippen LogP contribution in [0, 0.1) is 19.7 Å². The number of halogens is 3. The normalized spacial score (nSPS) is 10.9. The zero-order valence-corrected chi connectivity index (χ0v) is 20.3. The van der Waals surface area contributed by atoms with E-state index in [0.29, 0.717) is 34.1 Å². The summed E-state index contributed by atoms with van der Waals surface area (Å²) in [5.41, 5.74) is 4.53. The third-order valence-corrected chi connectivity index (χ3v) is 6.02. The van der Waals surface area contributed by atoms with E-state index in [0.717, 1.165) is 28.2 Å². The Morgan fingerprint density at radius 2 is 1.67 bits per heavy atom. The number of hydrogen-bond acceptors (Lipinski definition) is 3. The van der Waals surface area contributed by atoms with Crippen molar-refractivity contribution in [2.75, 3.05) is 10.6 Å². The number of nitrogens with one attached hydrogen (secondary N) is 2. The number of aryl methyl sites for hydroxylation is 1. The van der Waals surface area contributed by atoms with Crippen LogP contribution >= 0.6 is 35.4 Å². The molecule has 170 valence electrons. The fraction of sp³-hybridized carbons (Fsp3) is 0.174. The van der Waals surface area contributed by atoms with E-state index in [4.69, 9.17) is 35.4 Å². The number of hydrogen-bond donors (Lipinski definition) is 2. The zero-order chi connectivity index (χ0) is 23.5. The lowest BCUT2D eigenvalue weighted by atomic mass is 10.2. The summed E-state index contributed by atoms with van der Waals surface area (Å²) in [5.74, 6) is 0.344. The second-order valence-corrected chi connectivity index (χ2v) is 8.78. The Kier molecular flexibility index (Phi) is 6.97. The van der Waals surface area contributed by atoms with Gasteiger partial charge in [-0.2, -0.15) is 10.2 Å². The van der Waals surface area contributed by atoms with Gasteiger partial charge < -0.3 is 10.6 Å². The average Bonchev–Trinajstić information content (AvgIpc) is 3.31. The maximum atomic E-state index is 13.1. The molecule has 0 atom stereocenters. The Morgan fingerprint density at radius 3 is 2.39 bits per heavy atom. The first-order valence-electron chi connectivity index (χ1n) is 10.1. The van der Waals surface area contributed by atoms with Gasteiger partial charge >= 0.3 is 0 Å². The first-order chi connectivity index (χ1) is 15.8. The van der Waals surface area contributed by atoms with Gasteiger partial charge in [0.25, 0.3) is 0 Å². The van der Waals surface area contributed by atoms with Crippen LogP contribution in [-0.2, 0) is 13.1 Å². The summed E-state index contributed by atoms with van der Waals surface area (Å²) < 4.78 is 16.7. The Hall–Kier alpha value is -2.94. The van der Waals surface area contributed by atoms with Gasteiger partial charge in [-0.1, -0.05) is 41.4 Å². The fourth-order valence-corrected chi connectivity index (χ4v) is 3.92. The first-order valence-corrected chi connectivity index (χ1v) is 11.3. The van der Waals surface area contributed by atoms with Crippen molar-refractivity contribution in [2.45, 2.75) is 26.9 Å². The number of thiocarbonyl (C=S) groups is 1. The number of aromatic nitrogens is 4. The zero-order valence-electron chi connectivity index (χ0n) is 17.9. The van der Waals surface area contributed by atoms with Crippen molar-refractivity contribution in [3.63, 3.8) is 0 Å². The predicted molar refractivity (Wildman–Crippen MR) is 135 cm³/mol. The Labute approximate surface area is 206 Å². The highest BCUT2D eigenvalue weighted by atomic mass is 35.5. The summed E-state index contributed by atoms with van der Waals surface area (Å²) in [6.07, 6.45) is 1.83. The van der Waals surface area contributed by atoms with Crippen molar-refractivity contribution in [3.8, 4) is 0 Å². The molecule has 33 heavy (non-hydrogen) atoms. The van der Waals surface area contributed by atoms with E-state index >= 15 is 0 Å². The Morgan fingerprint density at radius 1 is 0.939 bits per heavy atom. The van der Waals surface area contributed by atoms with Gasteiger partial charge in [0, 0.05) is 12.3 Å². The fourth-order valence-electron chi connectivity index (χ4n) is 3.40. The standard InChI is InChI=1S/C23H21Cl2FN6S/c1-14-22(15(2)32(29-14)13-17-5-8-19(24)20(25)11-17)28-23(33)27-21-9-10-31(30-21)12-16-3-6-18(26)7-4-16/h3-11H,12-13H2,1-2H3,(H2,27,28,30,33). The highest BCUT2D eigenvalue weighted by Gasteiger charge is 2.14. The Balaban J connectivity index is 1.40. The number of benzene rings is 2. The maximum Gasteiger partial charge on any atom is 0.176 e. The van der Waals surface area contributed by atoms with Gasteiger partial charge in [0.05, 0.1) is 40.2 Å². The molecule has 4 aromatic rings. The van der Waals surface area contributed by atoms with Crippen LogP contribution in [0.1, 0.15) is 22.5 Å². The van der Waals surface area contributed by atoms with Crippen LogP contribution in [0.4, 0.5) is 15.9 Å². The monoisotopic (exact) mass is 502 g/mol. The lowest BCUT2D eigenvalue weighted by Crippen LogP contribution is -2.20. The van der Waals surface area contributed by atoms with Gasteiger partial charge in [-0.15, -0.1) is 0 Å². The van der Waals surface area contributed by atoms with Crippen LogP contribution in [0.15, 0.2) is 54.7 Å². The summed E-state index contributed by atoms with van der Waals surface area (Å²) in [4.78, 5) is 0. The van der Waals surface area contributed by atoms with Crippen molar-refractivity contribution >= 4 is 52.0 Å². The van der Waals surface area contributed by atoms with Crippen LogP contribution in [0.2, 0.25) is 10.0 Å². The minimum absolute atomic E-state index is 0.260. The molecule has 0 spiro atoms. The number of nitrogens with zero attached hydrogens (tertiary/aromatic N) is 4. The molecule has 0 radical (unpaired) electrons. The molecule has 0 fully saturated rings. The molecular formula is C23H21Cl2FN6S. The van der Waals surface area contributed by atoms with Gasteiger partial charge in [-0.25, -0.2) is 4.39 Å². The second-order valence-electron chi connectivity index (χ2n) is 7.56. The smallest absolute Gasteiger partial charge is 0.176 e. The van der Waals surface area contributed by atoms with Crippen LogP contribution in [-0.4, -0.2) is 24.7 Å². The van der Waals surface area contributed by atoms with E-state index in [1.165, 1.54) is 12.1 Å². The molecule has 0 aliphatic heterocycles. The molecular weight excluding hydrogens is 482 g/mol. The third-order valence-electron chi connectivity index (χ3n) is 5.08. The summed E-state index contributed by atoms with van der Waals surface area (Å²) in [5, 5.41) is 16.8. The van der Waals surface area contributed by atoms with Gasteiger partial charge in [-0.05, 0) is 61.5 Å². The average molecular weight is 503 g/mol. The summed E-state index contributed by atoms with van der Waals surface area (Å²) in [6.45, 7) is 4.97. The molecule has 6 nitrogen and oxygen atoms in total. The highest BCUT2D eigenvalue weighted by molar-refractivity contribution is 7.80. The van der Waals surface area contributed by atoms with Gasteiger partial charge in [0.1, 0.15) is 5.82 Å². The SMILES string of the molecule is Cc1nn(Cc2ccc(Cl)c(Cl)c2)c(C)c1NC(=S)Nc1ccn(Cc2ccc(F)cc2)n1. The molecule has 4 rings (SSSR count). The molecule has 2 N–H and O–H groups in total. The summed E-state index contributed by atoms with van der Waals surface area (Å²) >= 11 is 17.6. The van der Waals surface area contributed by atoms with Crippen molar-refractivity contribution in [1.82, 2.24) is 19.6 Å². The molecule has 0 saturated carbocycles. The maximum absolute atomic E-state index is 13.1. The van der Waals surface area contributed by atoms with Crippen LogP contribution in [0.3, 0.4) is 0 Å². The molecule has 0 saturated heterocycles. The highest BCUT2D eigenvalue weighted by Crippen LogP contribution is 2.25. The molecule has 0 aliphatic carbocycles. The van der Waals surface area contributed by atoms with Gasteiger partial charge in [0.2, 0.25) is 0 Å². The number of anilines is 2. The molecule has 0 unspecified atom stereocenters. The van der Waals surface area contributed by atoms with Crippen molar-refractivity contribution < 1.29 is 4.39 Å². The minimum atomic E-state index is -0.260. The predicted octanol–water partition coefficient (Wildman–Crippen LogP) is 6.05. The quantitative estimate of drug-likeness (QED) is 0.314. The van der Waals surface area contributed by atoms with E-state index in [1.54, 1.807) is 22.9 Å². The molecule has 0 bridgehead atoms. The minimum Gasteiger partial charge on any atom is -0.329 e. The third kappa shape index (κ3) is 5.71. The lowest BCUT2D eigenvalue weighted by molar-refractivity contribution is 0.624. The molecule has 0 aliphatic rings. The van der Waals surface area contributed by atoms with Crippen molar-refractivity contribution in [1.29, 1.82) is 0 Å². The largest absolute Gasteiger partial charge is 0.329 e. The lowest BCUT2D eigenvalue weighted by Gasteiger charge is -2.10. The molecule has 0 amide bonds. The topological polar surface area (TPSA) is 59.7 Å². The van der Waals surface area contributed by atoms with E-state index in [9.17, 15) is 4.39 Å². The molecule has 10 heteroatoms. The van der Waals surface area contributed by atoms with E-state index < -0.39 is 0 Å². The van der Waals surface area contributed by atoms with Crippen molar-refractivity contribution in [2.24, 2.45) is 0 Å². The van der Waals surface area contributed by atoms with Crippen LogP contribution < -0.4 is 10.6 Å². The molecule has 2 aromatic heterocycles. The second kappa shape index (κ2) is 9.91. The molecule has 2 heterocycles. The van der Waals surface area contributed by atoms with Gasteiger partial charge in [-0.3, -0.25) is 9.36 Å². The summed E-state index contributed by atoms with van der Waals surface area (Å²) in [7, 11) is 0. The molecule has 2 aromatic carbocycles.